The number of amides is 3. The van der Waals surface area contributed by atoms with Gasteiger partial charge in [0, 0.05) is 31.4 Å². The number of rotatable bonds is 17. The number of hydrogen-bond acceptors (Lipinski definition) is 7. The lowest BCUT2D eigenvalue weighted by Crippen LogP contribution is -2.59. The monoisotopic (exact) mass is 715 g/mol. The molecule has 4 rings (SSSR count). The molecule has 0 aromatic heterocycles. The predicted molar refractivity (Wildman–Crippen MR) is 182 cm³/mol. The second kappa shape index (κ2) is 15.9. The highest BCUT2D eigenvalue weighted by Gasteiger charge is 2.77. The molecule has 11 heteroatoms. The number of allylic oxidation sites excluding steroid dienone is 1. The third-order valence-corrected chi connectivity index (χ3v) is 11.0. The number of fused-ring (bicyclic) bond motifs is 1. The van der Waals surface area contributed by atoms with E-state index in [1.807, 2.05) is 51.1 Å². The smallest absolute Gasteiger partial charge is 0.313 e. The number of nitrogens with zero attached hydrogens (tertiary/aromatic N) is 3. The van der Waals surface area contributed by atoms with E-state index < -0.39 is 53.7 Å². The van der Waals surface area contributed by atoms with Gasteiger partial charge in [-0.2, -0.15) is 0 Å². The minimum absolute atomic E-state index is 0.109. The summed E-state index contributed by atoms with van der Waals surface area (Å²) in [6.07, 6.45) is 5.04. The third kappa shape index (κ3) is 6.94. The van der Waals surface area contributed by atoms with Crippen LogP contribution < -0.4 is 0 Å². The molecule has 3 aliphatic rings. The first-order chi connectivity index (χ1) is 22.5. The average molecular weight is 717 g/mol. The maximum Gasteiger partial charge on any atom is 0.313 e. The van der Waals surface area contributed by atoms with Crippen molar-refractivity contribution in [2.75, 3.05) is 26.7 Å². The highest BCUT2D eigenvalue weighted by molar-refractivity contribution is 9.09. The SMILES string of the molecule is C=CCCC(=O)N(C)[C@@H](C)[C@@H](OC(=O)[C@@H]1[C@H]2O[C@@]3(CC2Br)[C@H](C(=O)N(CC=C)CCCC)N([C@@H](CC)CO)C(=O)[C@@H]13)c1ccccc1. The van der Waals surface area contributed by atoms with Crippen molar-refractivity contribution < 1.29 is 33.8 Å². The van der Waals surface area contributed by atoms with Gasteiger partial charge in [0.2, 0.25) is 17.7 Å². The van der Waals surface area contributed by atoms with Crippen LogP contribution in [0.2, 0.25) is 0 Å². The van der Waals surface area contributed by atoms with Crippen LogP contribution in [0.1, 0.15) is 71.0 Å². The van der Waals surface area contributed by atoms with Gasteiger partial charge in [0.15, 0.2) is 0 Å². The number of benzene rings is 1. The zero-order valence-corrected chi connectivity index (χ0v) is 29.6. The standard InChI is InChI=1S/C36H50BrN3O7/c1-7-11-18-27(42)38(6)23(5)30(24-16-14-13-15-17-24)46-35(45)28-29-33(43)40(25(10-4)22-41)32(36(29)21-26(37)31(28)47-36)34(44)39(19-9-3)20-12-8-2/h7,9,13-17,23,25-26,28-32,41H,1,3,8,10-12,18-22H2,2,4-6H3/t23-,25-,26?,28-,29+,30+,31-,32-,36+/m0/s1. The molecule has 1 unspecified atom stereocenters. The van der Waals surface area contributed by atoms with E-state index >= 15 is 0 Å². The Morgan fingerprint density at radius 1 is 1.21 bits per heavy atom. The van der Waals surface area contributed by atoms with Gasteiger partial charge in [0.1, 0.15) is 17.7 Å². The summed E-state index contributed by atoms with van der Waals surface area (Å²) in [5, 5.41) is 10.4. The molecule has 3 amide bonds. The number of carbonyl (C=O) groups is 4. The molecule has 1 aromatic carbocycles. The quantitative estimate of drug-likeness (QED) is 0.144. The first-order valence-electron chi connectivity index (χ1n) is 16.8. The molecule has 1 N–H and O–H groups in total. The summed E-state index contributed by atoms with van der Waals surface area (Å²) >= 11 is 3.73. The second-order valence-corrected chi connectivity index (χ2v) is 14.1. The molecular weight excluding hydrogens is 666 g/mol. The van der Waals surface area contributed by atoms with Crippen molar-refractivity contribution in [3.05, 3.63) is 61.2 Å². The van der Waals surface area contributed by atoms with E-state index in [0.717, 1.165) is 12.8 Å². The number of esters is 1. The zero-order chi connectivity index (χ0) is 34.5. The summed E-state index contributed by atoms with van der Waals surface area (Å²) < 4.78 is 13.0. The van der Waals surface area contributed by atoms with Crippen molar-refractivity contribution in [2.24, 2.45) is 11.8 Å². The lowest BCUT2D eigenvalue weighted by atomic mass is 9.70. The molecule has 0 aliphatic carbocycles. The maximum absolute atomic E-state index is 14.5. The Bertz CT molecular complexity index is 1310. The average Bonchev–Trinajstić information content (AvgIpc) is 3.67. The largest absolute Gasteiger partial charge is 0.455 e. The first-order valence-corrected chi connectivity index (χ1v) is 17.7. The molecule has 47 heavy (non-hydrogen) atoms. The summed E-state index contributed by atoms with van der Waals surface area (Å²) in [6, 6.07) is 7.06. The number of ether oxygens (including phenoxy) is 2. The number of halogens is 1. The molecular formula is C36H50BrN3O7. The minimum atomic E-state index is -1.28. The molecule has 1 spiro atoms. The highest BCUT2D eigenvalue weighted by atomic mass is 79.9. The predicted octanol–water partition coefficient (Wildman–Crippen LogP) is 4.42. The second-order valence-electron chi connectivity index (χ2n) is 12.9. The summed E-state index contributed by atoms with van der Waals surface area (Å²) in [5.41, 5.74) is -0.573. The van der Waals surface area contributed by atoms with Crippen LogP contribution in [0.5, 0.6) is 0 Å². The maximum atomic E-state index is 14.5. The van der Waals surface area contributed by atoms with Crippen LogP contribution in [0.3, 0.4) is 0 Å². The van der Waals surface area contributed by atoms with E-state index in [1.54, 1.807) is 29.0 Å². The van der Waals surface area contributed by atoms with Gasteiger partial charge in [-0.05, 0) is 38.2 Å². The normalized spacial score (nSPS) is 27.9. The number of aliphatic hydroxyl groups excluding tert-OH is 1. The summed E-state index contributed by atoms with van der Waals surface area (Å²) in [6.45, 7) is 13.7. The van der Waals surface area contributed by atoms with Gasteiger partial charge in [-0.15, -0.1) is 13.2 Å². The van der Waals surface area contributed by atoms with Crippen molar-refractivity contribution in [1.29, 1.82) is 0 Å². The molecule has 3 fully saturated rings. The molecule has 2 bridgehead atoms. The number of hydrogen-bond donors (Lipinski definition) is 1. The van der Waals surface area contributed by atoms with E-state index in [1.165, 1.54) is 4.90 Å². The molecule has 3 heterocycles. The van der Waals surface area contributed by atoms with Crippen LogP contribution >= 0.6 is 15.9 Å². The Balaban J connectivity index is 1.73. The summed E-state index contributed by atoms with van der Waals surface area (Å²) in [7, 11) is 1.69. The Morgan fingerprint density at radius 2 is 1.91 bits per heavy atom. The first kappa shape index (κ1) is 36.8. The lowest BCUT2D eigenvalue weighted by Gasteiger charge is -2.39. The zero-order valence-electron chi connectivity index (χ0n) is 28.1. The molecule has 9 atom stereocenters. The number of unbranched alkanes of at least 4 members (excludes halogenated alkanes) is 1. The molecule has 3 saturated heterocycles. The van der Waals surface area contributed by atoms with Gasteiger partial charge in [-0.25, -0.2) is 0 Å². The van der Waals surface area contributed by atoms with Gasteiger partial charge in [0.25, 0.3) is 0 Å². The fraction of sp³-hybridized carbons (Fsp3) is 0.611. The van der Waals surface area contributed by atoms with E-state index in [4.69, 9.17) is 9.47 Å². The van der Waals surface area contributed by atoms with Crippen molar-refractivity contribution in [3.63, 3.8) is 0 Å². The molecule has 0 saturated carbocycles. The van der Waals surface area contributed by atoms with Crippen LogP contribution in [0, 0.1) is 11.8 Å². The number of likely N-dealkylation sites (N-methyl/N-ethyl adjacent to an activating group) is 1. The topological polar surface area (TPSA) is 117 Å². The number of aliphatic hydroxyl groups is 1. The van der Waals surface area contributed by atoms with Crippen LogP contribution in [-0.4, -0.2) is 105 Å². The Kier molecular flexibility index (Phi) is 12.5. The van der Waals surface area contributed by atoms with E-state index in [-0.39, 0.29) is 35.6 Å². The summed E-state index contributed by atoms with van der Waals surface area (Å²) in [4.78, 5) is 60.8. The summed E-state index contributed by atoms with van der Waals surface area (Å²) in [5.74, 6) is -3.36. The van der Waals surface area contributed by atoms with Gasteiger partial charge >= 0.3 is 5.97 Å². The van der Waals surface area contributed by atoms with Gasteiger partial charge in [-0.3, -0.25) is 19.2 Å². The van der Waals surface area contributed by atoms with Crippen LogP contribution in [0.25, 0.3) is 0 Å². The molecule has 1 aromatic rings. The van der Waals surface area contributed by atoms with Gasteiger partial charge in [-0.1, -0.05) is 78.7 Å². The fourth-order valence-corrected chi connectivity index (χ4v) is 8.46. The van der Waals surface area contributed by atoms with Crippen LogP contribution in [0.15, 0.2) is 55.6 Å². The van der Waals surface area contributed by atoms with Crippen LogP contribution in [0.4, 0.5) is 0 Å². The van der Waals surface area contributed by atoms with E-state index in [0.29, 0.717) is 37.9 Å². The van der Waals surface area contributed by atoms with E-state index in [9.17, 15) is 24.3 Å². The highest BCUT2D eigenvalue weighted by Crippen LogP contribution is 2.61. The Morgan fingerprint density at radius 3 is 2.51 bits per heavy atom. The van der Waals surface area contributed by atoms with Gasteiger partial charge < -0.3 is 29.3 Å². The van der Waals surface area contributed by atoms with Crippen molar-refractivity contribution >= 4 is 39.6 Å². The molecule has 0 radical (unpaired) electrons. The molecule has 258 valence electrons. The number of carbonyl (C=O) groups excluding carboxylic acids is 4. The van der Waals surface area contributed by atoms with Crippen LogP contribution in [-0.2, 0) is 28.7 Å². The molecule has 3 aliphatic heterocycles. The number of alkyl halides is 1. The Hall–Kier alpha value is -3.02. The number of likely N-dealkylation sites (tertiary alicyclic amines) is 1. The Labute approximate surface area is 287 Å². The van der Waals surface area contributed by atoms with Crippen molar-refractivity contribution in [2.45, 2.75) is 100 Å². The minimum Gasteiger partial charge on any atom is -0.455 e. The fourth-order valence-electron chi connectivity index (χ4n) is 7.52. The lowest BCUT2D eigenvalue weighted by molar-refractivity contribution is -0.165. The molecule has 10 nitrogen and oxygen atoms in total. The van der Waals surface area contributed by atoms with E-state index in [2.05, 4.69) is 29.1 Å². The third-order valence-electron chi connectivity index (χ3n) is 10.1. The van der Waals surface area contributed by atoms with Crippen molar-refractivity contribution in [3.8, 4) is 0 Å². The van der Waals surface area contributed by atoms with Gasteiger partial charge in [0.05, 0.1) is 36.6 Å². The van der Waals surface area contributed by atoms with Crippen molar-refractivity contribution in [1.82, 2.24) is 14.7 Å².